The lowest BCUT2D eigenvalue weighted by atomic mass is 10.1. The minimum Gasteiger partial charge on any atom is -0.242 e. The van der Waals surface area contributed by atoms with Crippen LogP contribution in [0, 0.1) is 13.8 Å². The van der Waals surface area contributed by atoms with Gasteiger partial charge in [0.2, 0.25) is 0 Å². The fraction of sp³-hybridized carbons (Fsp3) is 0.545. The molecule has 0 spiro atoms. The molecule has 2 rings (SSSR count). The molecule has 0 radical (unpaired) electrons. The van der Waals surface area contributed by atoms with Crippen molar-refractivity contribution < 1.29 is 0 Å². The Morgan fingerprint density at radius 1 is 1.13 bits per heavy atom. The Morgan fingerprint density at radius 2 is 1.80 bits per heavy atom. The second-order valence-electron chi connectivity index (χ2n) is 4.82. The second kappa shape index (κ2) is 3.02. The Hall–Kier alpha value is -1.45. The fourth-order valence-electron chi connectivity index (χ4n) is 1.68. The minimum atomic E-state index is -0.0466. The normalized spacial score (nSPS) is 12.3. The van der Waals surface area contributed by atoms with Crippen molar-refractivity contribution in [3.05, 3.63) is 17.7 Å². The molecule has 2 aromatic rings. The van der Waals surface area contributed by atoms with Crippen molar-refractivity contribution in [1.82, 2.24) is 19.7 Å². The Kier molecular flexibility index (Phi) is 2.03. The Morgan fingerprint density at radius 3 is 2.40 bits per heavy atom. The monoisotopic (exact) mass is 204 g/mol. The summed E-state index contributed by atoms with van der Waals surface area (Å²) >= 11 is 0. The lowest BCUT2D eigenvalue weighted by Gasteiger charge is -2.19. The van der Waals surface area contributed by atoms with Crippen molar-refractivity contribution in [2.24, 2.45) is 0 Å². The van der Waals surface area contributed by atoms with Gasteiger partial charge in [-0.15, -0.1) is 0 Å². The van der Waals surface area contributed by atoms with Gasteiger partial charge in [-0.3, -0.25) is 0 Å². The molecular weight excluding hydrogens is 188 g/mol. The van der Waals surface area contributed by atoms with Gasteiger partial charge in [-0.2, -0.15) is 5.10 Å². The molecule has 0 atom stereocenters. The molecule has 0 aliphatic heterocycles. The van der Waals surface area contributed by atoms with Crippen LogP contribution in [0.1, 0.15) is 32.3 Å². The zero-order valence-electron chi connectivity index (χ0n) is 9.87. The van der Waals surface area contributed by atoms with Crippen LogP contribution < -0.4 is 0 Å². The summed E-state index contributed by atoms with van der Waals surface area (Å²) in [5.74, 6) is 0.797. The van der Waals surface area contributed by atoms with Crippen LogP contribution in [0.2, 0.25) is 0 Å². The highest BCUT2D eigenvalue weighted by Gasteiger charge is 2.18. The third-order valence-corrected chi connectivity index (χ3v) is 2.37. The molecule has 4 nitrogen and oxygen atoms in total. The summed E-state index contributed by atoms with van der Waals surface area (Å²) in [6.45, 7) is 10.3. The maximum atomic E-state index is 4.45. The molecule has 15 heavy (non-hydrogen) atoms. The Balaban J connectivity index is 2.80. The van der Waals surface area contributed by atoms with E-state index in [1.807, 2.05) is 24.7 Å². The molecule has 0 aliphatic rings. The first-order valence-electron chi connectivity index (χ1n) is 5.09. The highest BCUT2D eigenvalue weighted by molar-refractivity contribution is 5.77. The summed E-state index contributed by atoms with van der Waals surface area (Å²) in [5.41, 5.74) is 1.87. The molecule has 0 N–H and O–H groups in total. The third kappa shape index (κ3) is 1.60. The van der Waals surface area contributed by atoms with E-state index in [1.54, 1.807) is 0 Å². The molecule has 0 aliphatic carbocycles. The van der Waals surface area contributed by atoms with Crippen LogP contribution >= 0.6 is 0 Å². The molecule has 0 unspecified atom stereocenters. The molecule has 0 saturated carbocycles. The summed E-state index contributed by atoms with van der Waals surface area (Å²) in [4.78, 5) is 8.78. The van der Waals surface area contributed by atoms with Gasteiger partial charge in [-0.25, -0.2) is 14.6 Å². The van der Waals surface area contributed by atoms with Gasteiger partial charge in [-0.1, -0.05) is 0 Å². The number of hydrogen-bond acceptors (Lipinski definition) is 3. The standard InChI is InChI=1S/C11H16N4/c1-7-9-6-12-15(11(3,4)5)10(9)14-8(2)13-7/h6H,1-5H3. The van der Waals surface area contributed by atoms with Crippen molar-refractivity contribution in [1.29, 1.82) is 0 Å². The minimum absolute atomic E-state index is 0.0466. The molecule has 0 bridgehead atoms. The molecule has 0 saturated heterocycles. The molecule has 80 valence electrons. The maximum Gasteiger partial charge on any atom is 0.162 e. The van der Waals surface area contributed by atoms with Gasteiger partial charge < -0.3 is 0 Å². The summed E-state index contributed by atoms with van der Waals surface area (Å²) in [6.07, 6.45) is 1.84. The molecule has 0 amide bonds. The molecule has 0 aromatic carbocycles. The summed E-state index contributed by atoms with van der Waals surface area (Å²) in [6, 6.07) is 0. The lowest BCUT2D eigenvalue weighted by Crippen LogP contribution is -2.23. The molecule has 4 heteroatoms. The average Bonchev–Trinajstić information content (AvgIpc) is 2.45. The van der Waals surface area contributed by atoms with Crippen molar-refractivity contribution in [3.63, 3.8) is 0 Å². The summed E-state index contributed by atoms with van der Waals surface area (Å²) in [5, 5.41) is 5.42. The Bertz CT molecular complexity index is 505. The van der Waals surface area contributed by atoms with Crippen LogP contribution in [0.3, 0.4) is 0 Å². The van der Waals surface area contributed by atoms with Gasteiger partial charge >= 0.3 is 0 Å². The van der Waals surface area contributed by atoms with Crippen LogP contribution in [0.5, 0.6) is 0 Å². The van der Waals surface area contributed by atoms with Crippen LogP contribution in [0.4, 0.5) is 0 Å². The van der Waals surface area contributed by atoms with E-state index in [0.29, 0.717) is 0 Å². The molecule has 0 fully saturated rings. The SMILES string of the molecule is Cc1nc(C)c2cnn(C(C)(C)C)c2n1. The first-order chi connectivity index (χ1) is 6.89. The van der Waals surface area contributed by atoms with Crippen molar-refractivity contribution in [3.8, 4) is 0 Å². The zero-order chi connectivity index (χ0) is 11.2. The van der Waals surface area contributed by atoms with E-state index in [9.17, 15) is 0 Å². The highest BCUT2D eigenvalue weighted by Crippen LogP contribution is 2.21. The zero-order valence-corrected chi connectivity index (χ0v) is 9.87. The van der Waals surface area contributed by atoms with E-state index in [2.05, 4.69) is 35.8 Å². The first-order valence-corrected chi connectivity index (χ1v) is 5.09. The predicted octanol–water partition coefficient (Wildman–Crippen LogP) is 2.20. The van der Waals surface area contributed by atoms with Crippen molar-refractivity contribution in [2.45, 2.75) is 40.2 Å². The highest BCUT2D eigenvalue weighted by atomic mass is 15.3. The van der Waals surface area contributed by atoms with Gasteiger partial charge in [0.25, 0.3) is 0 Å². The predicted molar refractivity (Wildman–Crippen MR) is 59.8 cm³/mol. The molecule has 2 heterocycles. The number of nitrogens with zero attached hydrogens (tertiary/aromatic N) is 4. The number of fused-ring (bicyclic) bond motifs is 1. The maximum absolute atomic E-state index is 4.45. The van der Waals surface area contributed by atoms with Gasteiger partial charge in [-0.05, 0) is 34.6 Å². The van der Waals surface area contributed by atoms with E-state index in [4.69, 9.17) is 0 Å². The number of rotatable bonds is 0. The number of aryl methyl sites for hydroxylation is 2. The quantitative estimate of drug-likeness (QED) is 0.660. The number of aromatic nitrogens is 4. The van der Waals surface area contributed by atoms with E-state index in [1.165, 1.54) is 0 Å². The van der Waals surface area contributed by atoms with E-state index in [0.717, 1.165) is 22.6 Å². The van der Waals surface area contributed by atoms with Crippen LogP contribution in [-0.4, -0.2) is 19.7 Å². The largest absolute Gasteiger partial charge is 0.242 e. The van der Waals surface area contributed by atoms with Crippen molar-refractivity contribution >= 4 is 11.0 Å². The lowest BCUT2D eigenvalue weighted by molar-refractivity contribution is 0.365. The second-order valence-corrected chi connectivity index (χ2v) is 4.82. The Labute approximate surface area is 89.3 Å². The van der Waals surface area contributed by atoms with Gasteiger partial charge in [0.1, 0.15) is 5.82 Å². The van der Waals surface area contributed by atoms with E-state index < -0.39 is 0 Å². The molecule has 2 aromatic heterocycles. The van der Waals surface area contributed by atoms with Gasteiger partial charge in [0.15, 0.2) is 5.65 Å². The third-order valence-electron chi connectivity index (χ3n) is 2.37. The fourth-order valence-corrected chi connectivity index (χ4v) is 1.68. The summed E-state index contributed by atoms with van der Waals surface area (Å²) in [7, 11) is 0. The average molecular weight is 204 g/mol. The van der Waals surface area contributed by atoms with Crippen molar-refractivity contribution in [2.75, 3.05) is 0 Å². The van der Waals surface area contributed by atoms with Crippen LogP contribution in [0.15, 0.2) is 6.20 Å². The van der Waals surface area contributed by atoms with Crippen LogP contribution in [0.25, 0.3) is 11.0 Å². The van der Waals surface area contributed by atoms with E-state index >= 15 is 0 Å². The first kappa shape index (κ1) is 10.1. The topological polar surface area (TPSA) is 43.6 Å². The smallest absolute Gasteiger partial charge is 0.162 e. The van der Waals surface area contributed by atoms with Gasteiger partial charge in [0, 0.05) is 0 Å². The van der Waals surface area contributed by atoms with Gasteiger partial charge in [0.05, 0.1) is 22.8 Å². The summed E-state index contributed by atoms with van der Waals surface area (Å²) < 4.78 is 1.95. The van der Waals surface area contributed by atoms with Crippen LogP contribution in [-0.2, 0) is 5.54 Å². The molecular formula is C11H16N4. The number of hydrogen-bond donors (Lipinski definition) is 0. The van der Waals surface area contributed by atoms with E-state index in [-0.39, 0.29) is 5.54 Å².